The van der Waals surface area contributed by atoms with Gasteiger partial charge in [0.05, 0.1) is 0 Å². The lowest BCUT2D eigenvalue weighted by molar-refractivity contribution is -0.138. The molecule has 0 N–H and O–H groups in total. The van der Waals surface area contributed by atoms with Gasteiger partial charge < -0.3 is 0 Å². The number of imide groups is 1. The monoisotopic (exact) mass is 249 g/mol. The quantitative estimate of drug-likeness (QED) is 0.756. The fourth-order valence-electron chi connectivity index (χ4n) is 1.74. The van der Waals surface area contributed by atoms with Gasteiger partial charge in [0, 0.05) is 24.1 Å². The van der Waals surface area contributed by atoms with Crippen molar-refractivity contribution in [2.75, 3.05) is 6.54 Å². The highest BCUT2D eigenvalue weighted by Crippen LogP contribution is 2.17. The van der Waals surface area contributed by atoms with Gasteiger partial charge >= 0.3 is 0 Å². The fourth-order valence-corrected chi connectivity index (χ4v) is 1.94. The standard InChI is InChI=1S/C13H12ClNO2/c14-11-5-2-1-4-10(11)7-8-13(17)15-9-3-6-12(15)16/h1-2,4-5,7-8H,3,6,9H2. The van der Waals surface area contributed by atoms with E-state index in [1.165, 1.54) is 11.0 Å². The van der Waals surface area contributed by atoms with Crippen molar-refractivity contribution in [2.45, 2.75) is 12.8 Å². The van der Waals surface area contributed by atoms with Gasteiger partial charge in [-0.3, -0.25) is 14.5 Å². The molecule has 0 unspecified atom stereocenters. The third kappa shape index (κ3) is 2.74. The van der Waals surface area contributed by atoms with Crippen LogP contribution in [-0.2, 0) is 9.59 Å². The van der Waals surface area contributed by atoms with Crippen molar-refractivity contribution < 1.29 is 9.59 Å². The van der Waals surface area contributed by atoms with Crippen molar-refractivity contribution in [3.8, 4) is 0 Å². The molecule has 0 spiro atoms. The molecule has 1 aromatic carbocycles. The summed E-state index contributed by atoms with van der Waals surface area (Å²) in [5, 5.41) is 0.587. The van der Waals surface area contributed by atoms with Crippen molar-refractivity contribution >= 4 is 29.5 Å². The van der Waals surface area contributed by atoms with Crippen LogP contribution in [0.4, 0.5) is 0 Å². The van der Waals surface area contributed by atoms with E-state index in [9.17, 15) is 9.59 Å². The van der Waals surface area contributed by atoms with Gasteiger partial charge in [-0.1, -0.05) is 29.8 Å². The first-order valence-corrected chi connectivity index (χ1v) is 5.83. The van der Waals surface area contributed by atoms with Crippen molar-refractivity contribution in [3.63, 3.8) is 0 Å². The maximum Gasteiger partial charge on any atom is 0.253 e. The minimum atomic E-state index is -0.271. The molecule has 1 aromatic rings. The smallest absolute Gasteiger partial charge is 0.253 e. The highest BCUT2D eigenvalue weighted by atomic mass is 35.5. The maximum absolute atomic E-state index is 11.7. The van der Waals surface area contributed by atoms with E-state index in [4.69, 9.17) is 11.6 Å². The van der Waals surface area contributed by atoms with Gasteiger partial charge in [0.1, 0.15) is 0 Å². The molecule has 1 fully saturated rings. The highest BCUT2D eigenvalue weighted by Gasteiger charge is 2.24. The SMILES string of the molecule is O=C(C=Cc1ccccc1Cl)N1CCCC1=O. The first kappa shape index (κ1) is 11.9. The molecule has 4 heteroatoms. The summed E-state index contributed by atoms with van der Waals surface area (Å²) in [4.78, 5) is 24.3. The van der Waals surface area contributed by atoms with E-state index in [0.717, 1.165) is 12.0 Å². The molecule has 0 aromatic heterocycles. The Morgan fingerprint density at radius 3 is 2.76 bits per heavy atom. The molecular formula is C13H12ClNO2. The van der Waals surface area contributed by atoms with Gasteiger partial charge in [0.25, 0.3) is 5.91 Å². The van der Waals surface area contributed by atoms with E-state index in [1.807, 2.05) is 18.2 Å². The number of hydrogen-bond acceptors (Lipinski definition) is 2. The minimum Gasteiger partial charge on any atom is -0.279 e. The second kappa shape index (κ2) is 5.15. The predicted octanol–water partition coefficient (Wildman–Crippen LogP) is 2.50. The van der Waals surface area contributed by atoms with Crippen LogP contribution in [0, 0.1) is 0 Å². The van der Waals surface area contributed by atoms with Crippen LogP contribution in [0.1, 0.15) is 18.4 Å². The van der Waals surface area contributed by atoms with Crippen LogP contribution in [0.15, 0.2) is 30.3 Å². The summed E-state index contributed by atoms with van der Waals surface area (Å²) in [5.74, 6) is -0.369. The molecule has 0 radical (unpaired) electrons. The fraction of sp³-hybridized carbons (Fsp3) is 0.231. The molecule has 88 valence electrons. The second-order valence-electron chi connectivity index (χ2n) is 3.84. The van der Waals surface area contributed by atoms with Gasteiger partial charge in [-0.2, -0.15) is 0 Å². The number of benzene rings is 1. The Balaban J connectivity index is 2.08. The summed E-state index contributed by atoms with van der Waals surface area (Å²) in [5.41, 5.74) is 0.772. The lowest BCUT2D eigenvalue weighted by atomic mass is 10.2. The van der Waals surface area contributed by atoms with Gasteiger partial charge in [-0.25, -0.2) is 0 Å². The van der Waals surface area contributed by atoms with Gasteiger partial charge in [0.2, 0.25) is 5.91 Å². The molecule has 0 atom stereocenters. The molecule has 0 bridgehead atoms. The Morgan fingerprint density at radius 1 is 1.35 bits per heavy atom. The van der Waals surface area contributed by atoms with Crippen LogP contribution >= 0.6 is 11.6 Å². The van der Waals surface area contributed by atoms with Crippen LogP contribution in [0.25, 0.3) is 6.08 Å². The zero-order valence-corrected chi connectivity index (χ0v) is 9.98. The van der Waals surface area contributed by atoms with Crippen LogP contribution < -0.4 is 0 Å². The average Bonchev–Trinajstić information content (AvgIpc) is 2.74. The number of carbonyl (C=O) groups is 2. The molecule has 2 rings (SSSR count). The topological polar surface area (TPSA) is 37.4 Å². The lowest BCUT2D eigenvalue weighted by Crippen LogP contribution is -2.30. The van der Waals surface area contributed by atoms with E-state index < -0.39 is 0 Å². The maximum atomic E-state index is 11.7. The summed E-state index contributed by atoms with van der Waals surface area (Å²) >= 11 is 5.95. The zero-order chi connectivity index (χ0) is 12.3. The van der Waals surface area contributed by atoms with Crippen molar-refractivity contribution in [3.05, 3.63) is 40.9 Å². The molecule has 1 heterocycles. The van der Waals surface area contributed by atoms with E-state index >= 15 is 0 Å². The number of nitrogens with zero attached hydrogens (tertiary/aromatic N) is 1. The number of halogens is 1. The van der Waals surface area contributed by atoms with E-state index in [0.29, 0.717) is 18.0 Å². The van der Waals surface area contributed by atoms with Crippen molar-refractivity contribution in [1.82, 2.24) is 4.90 Å². The molecular weight excluding hydrogens is 238 g/mol. The minimum absolute atomic E-state index is 0.0983. The lowest BCUT2D eigenvalue weighted by Gasteiger charge is -2.09. The summed E-state index contributed by atoms with van der Waals surface area (Å²) in [6.45, 7) is 0.518. The average molecular weight is 250 g/mol. The van der Waals surface area contributed by atoms with Crippen LogP contribution in [0.3, 0.4) is 0 Å². The van der Waals surface area contributed by atoms with E-state index in [2.05, 4.69) is 0 Å². The molecule has 0 saturated carbocycles. The second-order valence-corrected chi connectivity index (χ2v) is 4.25. The van der Waals surface area contributed by atoms with Crippen LogP contribution in [-0.4, -0.2) is 23.3 Å². The molecule has 1 aliphatic heterocycles. The first-order chi connectivity index (χ1) is 8.18. The largest absolute Gasteiger partial charge is 0.279 e. The summed E-state index contributed by atoms with van der Waals surface area (Å²) in [7, 11) is 0. The normalized spacial score (nSPS) is 15.8. The van der Waals surface area contributed by atoms with Gasteiger partial charge in [0.15, 0.2) is 0 Å². The molecule has 17 heavy (non-hydrogen) atoms. The Labute approximate surface area is 105 Å². The van der Waals surface area contributed by atoms with Gasteiger partial charge in [-0.15, -0.1) is 0 Å². The highest BCUT2D eigenvalue weighted by molar-refractivity contribution is 6.32. The molecule has 1 aliphatic rings. The van der Waals surface area contributed by atoms with E-state index in [1.54, 1.807) is 12.1 Å². The Kier molecular flexibility index (Phi) is 3.59. The number of likely N-dealkylation sites (tertiary alicyclic amines) is 1. The summed E-state index contributed by atoms with van der Waals surface area (Å²) in [6.07, 6.45) is 4.25. The molecule has 3 nitrogen and oxygen atoms in total. The molecule has 2 amide bonds. The Bertz CT molecular complexity index is 482. The Hall–Kier alpha value is -1.61. The zero-order valence-electron chi connectivity index (χ0n) is 9.23. The summed E-state index contributed by atoms with van der Waals surface area (Å²) < 4.78 is 0. The Morgan fingerprint density at radius 2 is 2.12 bits per heavy atom. The predicted molar refractivity (Wildman–Crippen MR) is 66.4 cm³/mol. The van der Waals surface area contributed by atoms with E-state index in [-0.39, 0.29) is 11.8 Å². The third-order valence-electron chi connectivity index (χ3n) is 2.65. The number of hydrogen-bond donors (Lipinski definition) is 0. The number of rotatable bonds is 2. The number of carbonyl (C=O) groups excluding carboxylic acids is 2. The number of amides is 2. The van der Waals surface area contributed by atoms with Crippen LogP contribution in [0.2, 0.25) is 5.02 Å². The van der Waals surface area contributed by atoms with Crippen molar-refractivity contribution in [1.29, 1.82) is 0 Å². The third-order valence-corrected chi connectivity index (χ3v) is 2.99. The molecule has 0 aliphatic carbocycles. The summed E-state index contributed by atoms with van der Waals surface area (Å²) in [6, 6.07) is 7.24. The van der Waals surface area contributed by atoms with Crippen LogP contribution in [0.5, 0.6) is 0 Å². The molecule has 1 saturated heterocycles. The first-order valence-electron chi connectivity index (χ1n) is 5.45. The van der Waals surface area contributed by atoms with Gasteiger partial charge in [-0.05, 0) is 24.1 Å². The van der Waals surface area contributed by atoms with Crippen molar-refractivity contribution in [2.24, 2.45) is 0 Å².